The summed E-state index contributed by atoms with van der Waals surface area (Å²) >= 11 is 0. The van der Waals surface area contributed by atoms with Crippen LogP contribution >= 0.6 is 0 Å². The maximum Gasteiger partial charge on any atom is 0.408 e. The molecule has 9 heteroatoms. The molecule has 20 heavy (non-hydrogen) atoms. The van der Waals surface area contributed by atoms with Crippen LogP contribution in [0.4, 0.5) is 4.79 Å². The van der Waals surface area contributed by atoms with E-state index in [0.29, 0.717) is 0 Å². The van der Waals surface area contributed by atoms with Gasteiger partial charge in [0, 0.05) is 6.42 Å². The highest BCUT2D eigenvalue weighted by Crippen LogP contribution is 2.45. The van der Waals surface area contributed by atoms with Gasteiger partial charge in [-0.05, 0) is 5.41 Å². The van der Waals surface area contributed by atoms with Crippen LogP contribution in [0.5, 0.6) is 0 Å². The molecule has 1 aliphatic rings. The molecule has 0 aromatic carbocycles. The SMILES string of the molecule is CC(C)(C)[C@]1(C(=O)O)C[C@@H](OS(C)(=O)=O)CN1C(=O)O. The highest BCUT2D eigenvalue weighted by Gasteiger charge is 2.61. The summed E-state index contributed by atoms with van der Waals surface area (Å²) in [6, 6.07) is 0. The number of amides is 1. The van der Waals surface area contributed by atoms with Gasteiger partial charge in [0.05, 0.1) is 18.9 Å². The predicted molar refractivity (Wildman–Crippen MR) is 68.9 cm³/mol. The molecule has 1 saturated heterocycles. The van der Waals surface area contributed by atoms with Gasteiger partial charge >= 0.3 is 12.1 Å². The number of hydrogen-bond acceptors (Lipinski definition) is 5. The number of carbonyl (C=O) groups is 2. The van der Waals surface area contributed by atoms with Gasteiger partial charge in [-0.25, -0.2) is 9.59 Å². The van der Waals surface area contributed by atoms with Crippen LogP contribution in [0.25, 0.3) is 0 Å². The van der Waals surface area contributed by atoms with Crippen molar-refractivity contribution in [3.8, 4) is 0 Å². The first-order valence-electron chi connectivity index (χ1n) is 5.93. The molecule has 0 aliphatic carbocycles. The van der Waals surface area contributed by atoms with Gasteiger partial charge in [0.1, 0.15) is 0 Å². The lowest BCUT2D eigenvalue weighted by Crippen LogP contribution is -2.60. The lowest BCUT2D eigenvalue weighted by molar-refractivity contribution is -0.155. The molecular formula is C11H19NO7S. The van der Waals surface area contributed by atoms with E-state index in [1.165, 1.54) is 0 Å². The molecule has 0 spiro atoms. The number of likely N-dealkylation sites (tertiary alicyclic amines) is 1. The number of rotatable bonds is 3. The Bertz CT molecular complexity index is 521. The molecule has 1 rings (SSSR count). The van der Waals surface area contributed by atoms with Gasteiger partial charge in [-0.15, -0.1) is 0 Å². The zero-order valence-electron chi connectivity index (χ0n) is 11.8. The molecular weight excluding hydrogens is 290 g/mol. The Labute approximate surface area is 117 Å². The first-order chi connectivity index (χ1) is 8.81. The van der Waals surface area contributed by atoms with Crippen LogP contribution < -0.4 is 0 Å². The maximum atomic E-state index is 11.7. The van der Waals surface area contributed by atoms with Crippen LogP contribution in [-0.2, 0) is 19.1 Å². The van der Waals surface area contributed by atoms with Crippen molar-refractivity contribution in [1.82, 2.24) is 4.90 Å². The molecule has 0 radical (unpaired) electrons. The second kappa shape index (κ2) is 4.88. The standard InChI is InChI=1S/C11H19NO7S/c1-10(2,3)11(8(13)14)5-7(19-20(4,17)18)6-12(11)9(15)16/h7H,5-6H2,1-4H3,(H,13,14)(H,15,16)/t7-,11-/m1/s1. The van der Waals surface area contributed by atoms with Gasteiger partial charge in [-0.3, -0.25) is 9.08 Å². The molecule has 1 heterocycles. The summed E-state index contributed by atoms with van der Waals surface area (Å²) in [5.41, 5.74) is -2.65. The third-order valence-electron chi connectivity index (χ3n) is 3.51. The first kappa shape index (κ1) is 16.7. The summed E-state index contributed by atoms with van der Waals surface area (Å²) in [6.07, 6.45) is -1.79. The summed E-state index contributed by atoms with van der Waals surface area (Å²) in [5, 5.41) is 18.8. The molecule has 8 nitrogen and oxygen atoms in total. The van der Waals surface area contributed by atoms with E-state index in [0.717, 1.165) is 11.2 Å². The van der Waals surface area contributed by atoms with Crippen LogP contribution in [0, 0.1) is 5.41 Å². The number of carboxylic acid groups (broad SMARTS) is 2. The maximum absolute atomic E-state index is 11.7. The summed E-state index contributed by atoms with van der Waals surface area (Å²) in [7, 11) is -3.79. The predicted octanol–water partition coefficient (Wildman–Crippen LogP) is 0.584. The number of carboxylic acids is 1. The molecule has 116 valence electrons. The molecule has 0 aromatic heterocycles. The van der Waals surface area contributed by atoms with Gasteiger partial charge in [-0.1, -0.05) is 20.8 Å². The monoisotopic (exact) mass is 309 g/mol. The van der Waals surface area contributed by atoms with Crippen LogP contribution in [0.1, 0.15) is 27.2 Å². The van der Waals surface area contributed by atoms with Crippen molar-refractivity contribution in [2.24, 2.45) is 5.41 Å². The van der Waals surface area contributed by atoms with Crippen LogP contribution in [0.2, 0.25) is 0 Å². The van der Waals surface area contributed by atoms with E-state index in [2.05, 4.69) is 0 Å². The largest absolute Gasteiger partial charge is 0.479 e. The Morgan fingerprint density at radius 1 is 1.30 bits per heavy atom. The van der Waals surface area contributed by atoms with Gasteiger partial charge < -0.3 is 10.2 Å². The molecule has 0 unspecified atom stereocenters. The molecule has 0 bridgehead atoms. The smallest absolute Gasteiger partial charge is 0.408 e. The van der Waals surface area contributed by atoms with Gasteiger partial charge in [-0.2, -0.15) is 8.42 Å². The topological polar surface area (TPSA) is 121 Å². The number of hydrogen-bond donors (Lipinski definition) is 2. The van der Waals surface area contributed by atoms with Crippen molar-refractivity contribution >= 4 is 22.2 Å². The van der Waals surface area contributed by atoms with E-state index in [1.807, 2.05) is 0 Å². The molecule has 2 N–H and O–H groups in total. The Morgan fingerprint density at radius 2 is 1.80 bits per heavy atom. The second-order valence-corrected chi connectivity index (χ2v) is 7.54. The van der Waals surface area contributed by atoms with E-state index in [-0.39, 0.29) is 13.0 Å². The molecule has 1 amide bonds. The fourth-order valence-corrected chi connectivity index (χ4v) is 3.27. The van der Waals surface area contributed by atoms with Crippen LogP contribution in [-0.4, -0.2) is 60.0 Å². The summed E-state index contributed by atoms with van der Waals surface area (Å²) in [6.45, 7) is 4.49. The molecule has 1 aliphatic heterocycles. The van der Waals surface area contributed by atoms with E-state index >= 15 is 0 Å². The van der Waals surface area contributed by atoms with Gasteiger partial charge in [0.15, 0.2) is 5.54 Å². The fourth-order valence-electron chi connectivity index (χ4n) is 2.65. The zero-order valence-corrected chi connectivity index (χ0v) is 12.6. The summed E-state index contributed by atoms with van der Waals surface area (Å²) in [5.74, 6) is -1.31. The van der Waals surface area contributed by atoms with E-state index < -0.39 is 39.2 Å². The van der Waals surface area contributed by atoms with Crippen molar-refractivity contribution in [1.29, 1.82) is 0 Å². The van der Waals surface area contributed by atoms with Crippen molar-refractivity contribution < 1.29 is 32.4 Å². The summed E-state index contributed by atoms with van der Waals surface area (Å²) in [4.78, 5) is 23.8. The Balaban J connectivity index is 3.27. The summed E-state index contributed by atoms with van der Waals surface area (Å²) < 4.78 is 27.1. The van der Waals surface area contributed by atoms with Crippen molar-refractivity contribution in [2.75, 3.05) is 12.8 Å². The first-order valence-corrected chi connectivity index (χ1v) is 7.75. The minimum atomic E-state index is -3.79. The quantitative estimate of drug-likeness (QED) is 0.731. The van der Waals surface area contributed by atoms with Crippen LogP contribution in [0.3, 0.4) is 0 Å². The normalized spacial score (nSPS) is 27.6. The average Bonchev–Trinajstić information content (AvgIpc) is 2.54. The molecule has 0 saturated carbocycles. The van der Waals surface area contributed by atoms with Crippen molar-refractivity contribution in [2.45, 2.75) is 38.8 Å². The van der Waals surface area contributed by atoms with Crippen LogP contribution in [0.15, 0.2) is 0 Å². The number of aliphatic carboxylic acids is 1. The van der Waals surface area contributed by atoms with Crippen molar-refractivity contribution in [3.05, 3.63) is 0 Å². The Hall–Kier alpha value is -1.35. The third-order valence-corrected chi connectivity index (χ3v) is 4.13. The molecule has 1 fully saturated rings. The number of nitrogens with zero attached hydrogens (tertiary/aromatic N) is 1. The lowest BCUT2D eigenvalue weighted by atomic mass is 9.71. The van der Waals surface area contributed by atoms with Crippen molar-refractivity contribution in [3.63, 3.8) is 0 Å². The fraction of sp³-hybridized carbons (Fsp3) is 0.818. The van der Waals surface area contributed by atoms with E-state index in [4.69, 9.17) is 4.18 Å². The third kappa shape index (κ3) is 2.88. The highest BCUT2D eigenvalue weighted by molar-refractivity contribution is 7.86. The average molecular weight is 309 g/mol. The highest BCUT2D eigenvalue weighted by atomic mass is 32.2. The van der Waals surface area contributed by atoms with Gasteiger partial charge in [0.25, 0.3) is 10.1 Å². The zero-order chi connectivity index (χ0) is 15.9. The van der Waals surface area contributed by atoms with Gasteiger partial charge in [0.2, 0.25) is 0 Å². The second-order valence-electron chi connectivity index (χ2n) is 5.94. The molecule has 2 atom stereocenters. The minimum Gasteiger partial charge on any atom is -0.479 e. The van der Waals surface area contributed by atoms with E-state index in [9.17, 15) is 28.2 Å². The molecule has 0 aromatic rings. The Morgan fingerprint density at radius 3 is 2.05 bits per heavy atom. The van der Waals surface area contributed by atoms with E-state index in [1.54, 1.807) is 20.8 Å². The minimum absolute atomic E-state index is 0.217. The lowest BCUT2D eigenvalue weighted by Gasteiger charge is -2.42. The Kier molecular flexibility index (Phi) is 4.08.